The Balaban J connectivity index is 1.54. The van der Waals surface area contributed by atoms with Crippen LogP contribution in [0.25, 0.3) is 11.0 Å². The van der Waals surface area contributed by atoms with Crippen LogP contribution in [-0.2, 0) is 35.5 Å². The van der Waals surface area contributed by atoms with E-state index in [-0.39, 0.29) is 23.1 Å². The molecule has 2 heterocycles. The number of amides is 1. The maximum Gasteiger partial charge on any atom is 0.416 e. The summed E-state index contributed by atoms with van der Waals surface area (Å²) in [5, 5.41) is 3.54. The molecule has 0 aliphatic rings. The van der Waals surface area contributed by atoms with Gasteiger partial charge < -0.3 is 9.88 Å². The van der Waals surface area contributed by atoms with E-state index >= 15 is 0 Å². The Hall–Kier alpha value is -3.92. The molecule has 0 saturated carbocycles. The van der Waals surface area contributed by atoms with Crippen molar-refractivity contribution >= 4 is 26.8 Å². The van der Waals surface area contributed by atoms with E-state index in [1.54, 1.807) is 25.1 Å². The van der Waals surface area contributed by atoms with Crippen LogP contribution in [0.5, 0.6) is 0 Å². The van der Waals surface area contributed by atoms with E-state index in [1.165, 1.54) is 30.5 Å². The maximum atomic E-state index is 12.9. The minimum atomic E-state index is -4.40. The number of alkyl halides is 3. The van der Waals surface area contributed by atoms with E-state index in [0.29, 0.717) is 29.7 Å². The molecule has 0 fully saturated rings. The van der Waals surface area contributed by atoms with Crippen LogP contribution >= 0.6 is 0 Å². The second-order valence-electron chi connectivity index (χ2n) is 9.42. The first-order valence-electron chi connectivity index (χ1n) is 12.3. The summed E-state index contributed by atoms with van der Waals surface area (Å²) in [6.07, 6.45) is -2.54. The van der Waals surface area contributed by atoms with Gasteiger partial charge in [0.15, 0.2) is 9.84 Å². The van der Waals surface area contributed by atoms with E-state index in [4.69, 9.17) is 0 Å². The fourth-order valence-electron chi connectivity index (χ4n) is 4.20. The standard InChI is InChI=1S/C29H28F3N3O3S/c1-4-39(37,38)26-11-7-21(8-12-26)16-34-28(36)23-14-22-15-25(35(18-19(2)3)27(22)33-17-23)13-20-5-9-24(10-6-20)29(30,31)32/h5-12,14-15,17H,2,4,13,16,18H2,1,3H3,(H,34,36). The van der Waals surface area contributed by atoms with Gasteiger partial charge in [-0.15, -0.1) is 0 Å². The molecule has 0 unspecified atom stereocenters. The van der Waals surface area contributed by atoms with Gasteiger partial charge in [-0.05, 0) is 54.4 Å². The summed E-state index contributed by atoms with van der Waals surface area (Å²) < 4.78 is 64.7. The van der Waals surface area contributed by atoms with Gasteiger partial charge in [0.2, 0.25) is 0 Å². The SMILES string of the molecule is C=C(C)Cn1c(Cc2ccc(C(F)(F)F)cc2)cc2cc(C(=O)NCc3ccc(S(=O)(=O)CC)cc3)cnc21. The number of carbonyl (C=O) groups excluding carboxylic acids is 1. The van der Waals surface area contributed by atoms with Crippen LogP contribution in [0.15, 0.2) is 83.9 Å². The minimum Gasteiger partial charge on any atom is -0.348 e. The molecule has 0 bridgehead atoms. The highest BCUT2D eigenvalue weighted by molar-refractivity contribution is 7.91. The summed E-state index contributed by atoms with van der Waals surface area (Å²) in [6, 6.07) is 15.0. The van der Waals surface area contributed by atoms with Gasteiger partial charge in [-0.3, -0.25) is 4.79 Å². The van der Waals surface area contributed by atoms with Crippen molar-refractivity contribution in [1.29, 1.82) is 0 Å². The molecule has 2 aromatic carbocycles. The molecule has 0 aliphatic heterocycles. The molecular weight excluding hydrogens is 527 g/mol. The zero-order chi connectivity index (χ0) is 28.4. The molecule has 0 saturated heterocycles. The molecule has 2 aromatic heterocycles. The number of pyridine rings is 1. The van der Waals surface area contributed by atoms with Crippen LogP contribution in [0, 0.1) is 0 Å². The van der Waals surface area contributed by atoms with Crippen LogP contribution in [0.1, 0.15) is 46.6 Å². The Labute approximate surface area is 225 Å². The molecule has 4 aromatic rings. The van der Waals surface area contributed by atoms with Crippen molar-refractivity contribution in [2.75, 3.05) is 5.75 Å². The van der Waals surface area contributed by atoms with Crippen molar-refractivity contribution in [1.82, 2.24) is 14.9 Å². The third-order valence-electron chi connectivity index (χ3n) is 6.29. The van der Waals surface area contributed by atoms with Crippen molar-refractivity contribution in [3.05, 3.63) is 107 Å². The van der Waals surface area contributed by atoms with E-state index in [0.717, 1.165) is 34.3 Å². The van der Waals surface area contributed by atoms with Gasteiger partial charge in [0.1, 0.15) is 5.65 Å². The zero-order valence-corrected chi connectivity index (χ0v) is 22.4. The summed E-state index contributed by atoms with van der Waals surface area (Å²) in [5.41, 5.74) is 3.46. The average molecular weight is 556 g/mol. The first-order valence-corrected chi connectivity index (χ1v) is 13.9. The summed E-state index contributed by atoms with van der Waals surface area (Å²) in [4.78, 5) is 17.6. The average Bonchev–Trinajstić information content (AvgIpc) is 3.22. The smallest absolute Gasteiger partial charge is 0.348 e. The molecule has 10 heteroatoms. The second-order valence-corrected chi connectivity index (χ2v) is 11.7. The Morgan fingerprint density at radius 2 is 1.67 bits per heavy atom. The van der Waals surface area contributed by atoms with E-state index < -0.39 is 21.6 Å². The van der Waals surface area contributed by atoms with Gasteiger partial charge >= 0.3 is 6.18 Å². The highest BCUT2D eigenvalue weighted by Crippen LogP contribution is 2.30. The largest absolute Gasteiger partial charge is 0.416 e. The van der Waals surface area contributed by atoms with Gasteiger partial charge in [-0.2, -0.15) is 13.2 Å². The van der Waals surface area contributed by atoms with Crippen molar-refractivity contribution in [2.24, 2.45) is 0 Å². The lowest BCUT2D eigenvalue weighted by Crippen LogP contribution is -2.23. The summed E-state index contributed by atoms with van der Waals surface area (Å²) >= 11 is 0. The Kier molecular flexibility index (Phi) is 7.96. The van der Waals surface area contributed by atoms with Gasteiger partial charge in [-0.1, -0.05) is 43.3 Å². The number of fused-ring (bicyclic) bond motifs is 1. The normalized spacial score (nSPS) is 12.0. The monoisotopic (exact) mass is 555 g/mol. The number of allylic oxidation sites excluding steroid dienone is 1. The van der Waals surface area contributed by atoms with Crippen molar-refractivity contribution < 1.29 is 26.4 Å². The molecule has 4 rings (SSSR count). The number of aromatic nitrogens is 2. The molecule has 0 atom stereocenters. The number of nitrogens with zero attached hydrogens (tertiary/aromatic N) is 2. The molecule has 0 aliphatic carbocycles. The van der Waals surface area contributed by atoms with Crippen LogP contribution in [0.4, 0.5) is 13.2 Å². The molecule has 0 spiro atoms. The fourth-order valence-corrected chi connectivity index (χ4v) is 5.09. The Morgan fingerprint density at radius 3 is 2.26 bits per heavy atom. The third kappa shape index (κ3) is 6.57. The fraction of sp³-hybridized carbons (Fsp3) is 0.241. The van der Waals surface area contributed by atoms with E-state index in [9.17, 15) is 26.4 Å². The minimum absolute atomic E-state index is 0.0126. The lowest BCUT2D eigenvalue weighted by atomic mass is 10.1. The first-order chi connectivity index (χ1) is 18.4. The Morgan fingerprint density at radius 1 is 1.03 bits per heavy atom. The summed E-state index contributed by atoms with van der Waals surface area (Å²) in [7, 11) is -3.30. The quantitative estimate of drug-likeness (QED) is 0.259. The number of benzene rings is 2. The van der Waals surface area contributed by atoms with Crippen molar-refractivity contribution in [3.63, 3.8) is 0 Å². The number of nitrogens with one attached hydrogen (secondary N) is 1. The lowest BCUT2D eigenvalue weighted by molar-refractivity contribution is -0.137. The molecule has 0 radical (unpaired) electrons. The number of hydrogen-bond acceptors (Lipinski definition) is 4. The molecule has 39 heavy (non-hydrogen) atoms. The van der Waals surface area contributed by atoms with Crippen LogP contribution < -0.4 is 5.32 Å². The number of hydrogen-bond donors (Lipinski definition) is 1. The molecule has 1 amide bonds. The summed E-state index contributed by atoms with van der Waals surface area (Å²) in [5.74, 6) is -0.329. The predicted molar refractivity (Wildman–Crippen MR) is 144 cm³/mol. The molecule has 204 valence electrons. The predicted octanol–water partition coefficient (Wildman–Crippen LogP) is 5.95. The highest BCUT2D eigenvalue weighted by Gasteiger charge is 2.30. The van der Waals surface area contributed by atoms with Crippen molar-refractivity contribution in [3.8, 4) is 0 Å². The maximum absolute atomic E-state index is 12.9. The lowest BCUT2D eigenvalue weighted by Gasteiger charge is -2.11. The van der Waals surface area contributed by atoms with Gasteiger partial charge in [0, 0.05) is 36.8 Å². The van der Waals surface area contributed by atoms with Crippen LogP contribution in [0.3, 0.4) is 0 Å². The van der Waals surface area contributed by atoms with Gasteiger partial charge in [-0.25, -0.2) is 13.4 Å². The van der Waals surface area contributed by atoms with Crippen molar-refractivity contribution in [2.45, 2.75) is 44.4 Å². The van der Waals surface area contributed by atoms with Gasteiger partial charge in [0.05, 0.1) is 21.8 Å². The first kappa shape index (κ1) is 28.1. The van der Waals surface area contributed by atoms with Crippen LogP contribution in [0.2, 0.25) is 0 Å². The zero-order valence-electron chi connectivity index (χ0n) is 21.5. The summed E-state index contributed by atoms with van der Waals surface area (Å²) in [6.45, 7) is 8.11. The van der Waals surface area contributed by atoms with E-state index in [2.05, 4.69) is 16.9 Å². The number of sulfone groups is 1. The third-order valence-corrected chi connectivity index (χ3v) is 8.04. The van der Waals surface area contributed by atoms with E-state index in [1.807, 2.05) is 17.6 Å². The highest BCUT2D eigenvalue weighted by atomic mass is 32.2. The Bertz CT molecular complexity index is 1620. The molecular formula is C29H28F3N3O3S. The topological polar surface area (TPSA) is 81.1 Å². The van der Waals surface area contributed by atoms with Crippen LogP contribution in [-0.4, -0.2) is 29.6 Å². The second kappa shape index (κ2) is 11.1. The molecule has 6 nitrogen and oxygen atoms in total. The molecule has 1 N–H and O–H groups in total. The number of rotatable bonds is 9. The number of halogens is 3. The number of carbonyl (C=O) groups is 1. The van der Waals surface area contributed by atoms with Gasteiger partial charge in [0.25, 0.3) is 5.91 Å².